The third-order valence-corrected chi connectivity index (χ3v) is 3.67. The molecule has 0 amide bonds. The summed E-state index contributed by atoms with van der Waals surface area (Å²) in [7, 11) is -2.54. The molecule has 1 aliphatic heterocycles. The maximum atomic E-state index is 12.9. The first kappa shape index (κ1) is 9.48. The van der Waals surface area contributed by atoms with E-state index in [9.17, 15) is 8.60 Å². The van der Waals surface area contributed by atoms with Crippen molar-refractivity contribution in [2.45, 2.75) is 4.90 Å². The lowest BCUT2D eigenvalue weighted by molar-refractivity contribution is 0.319. The molecule has 14 heavy (non-hydrogen) atoms. The molecule has 2 rings (SSSR count). The quantitative estimate of drug-likeness (QED) is 0.650. The van der Waals surface area contributed by atoms with E-state index in [1.807, 2.05) is 0 Å². The summed E-state index contributed by atoms with van der Waals surface area (Å²) in [5.74, 6) is 3.49. The number of halogens is 1. The number of hydrogen-bond donors (Lipinski definition) is 1. The Kier molecular flexibility index (Phi) is 2.20. The summed E-state index contributed by atoms with van der Waals surface area (Å²) < 4.78 is 32.8. The van der Waals surface area contributed by atoms with Crippen LogP contribution in [0.25, 0.3) is 0 Å². The number of ether oxygens (including phenoxy) is 1. The molecular formula is C9H10FNO2S. The first-order valence-electron chi connectivity index (χ1n) is 4.14. The molecule has 1 heterocycles. The molecule has 0 saturated carbocycles. The second-order valence-electron chi connectivity index (χ2n) is 3.01. The fourth-order valence-electron chi connectivity index (χ4n) is 1.31. The van der Waals surface area contributed by atoms with Crippen LogP contribution in [0.2, 0.25) is 0 Å². The summed E-state index contributed by atoms with van der Waals surface area (Å²) in [6.07, 6.45) is 0. The average molecular weight is 215 g/mol. The van der Waals surface area contributed by atoms with Gasteiger partial charge in [-0.3, -0.25) is 0 Å². The van der Waals surface area contributed by atoms with Crippen LogP contribution in [0.15, 0.2) is 23.1 Å². The highest BCUT2D eigenvalue weighted by Crippen LogP contribution is 2.25. The van der Waals surface area contributed by atoms with Gasteiger partial charge in [0.05, 0.1) is 14.6 Å². The second kappa shape index (κ2) is 3.25. The minimum atomic E-state index is -2.54. The molecule has 0 radical (unpaired) electrons. The highest BCUT2D eigenvalue weighted by atomic mass is 32.2. The van der Waals surface area contributed by atoms with Crippen LogP contribution in [0.1, 0.15) is 0 Å². The zero-order chi connectivity index (χ0) is 10.2. The van der Waals surface area contributed by atoms with Crippen molar-refractivity contribution in [3.05, 3.63) is 24.0 Å². The van der Waals surface area contributed by atoms with E-state index < -0.39 is 15.5 Å². The van der Waals surface area contributed by atoms with Gasteiger partial charge in [-0.05, 0) is 18.0 Å². The Bertz CT molecular complexity index is 456. The summed E-state index contributed by atoms with van der Waals surface area (Å²) in [4.78, 5) is 0.427. The third-order valence-electron chi connectivity index (χ3n) is 1.96. The van der Waals surface area contributed by atoms with Gasteiger partial charge in [-0.15, -0.1) is 0 Å². The summed E-state index contributed by atoms with van der Waals surface area (Å²) in [6, 6.07) is 3.92. The lowest BCUT2D eigenvalue weighted by Crippen LogP contribution is -2.24. The van der Waals surface area contributed by atoms with Gasteiger partial charge in [-0.2, -0.15) is 0 Å². The van der Waals surface area contributed by atoms with Crippen molar-refractivity contribution in [3.63, 3.8) is 0 Å². The van der Waals surface area contributed by atoms with E-state index in [2.05, 4.69) is 10.6 Å². The zero-order valence-corrected chi connectivity index (χ0v) is 8.27. The Morgan fingerprint density at radius 2 is 2.36 bits per heavy atom. The van der Waals surface area contributed by atoms with Crippen molar-refractivity contribution in [1.82, 2.24) is 4.72 Å². The van der Waals surface area contributed by atoms with Crippen molar-refractivity contribution in [2.75, 3.05) is 13.2 Å². The van der Waals surface area contributed by atoms with Crippen LogP contribution >= 0.6 is 0 Å². The van der Waals surface area contributed by atoms with Gasteiger partial charge in [-0.25, -0.2) is 13.3 Å². The summed E-state index contributed by atoms with van der Waals surface area (Å²) >= 11 is 0. The van der Waals surface area contributed by atoms with Crippen LogP contribution in [0, 0.1) is 5.82 Å². The van der Waals surface area contributed by atoms with Crippen molar-refractivity contribution in [1.29, 1.82) is 0 Å². The smallest absolute Gasteiger partial charge is 0.139 e. The van der Waals surface area contributed by atoms with Crippen LogP contribution in [0.4, 0.5) is 4.39 Å². The number of rotatable bonds is 0. The molecule has 0 aromatic heterocycles. The number of fused-ring (bicyclic) bond motifs is 1. The molecule has 5 heteroatoms. The topological polar surface area (TPSA) is 38.3 Å². The standard InChI is InChI=1S/C9H10FNO2S/c1-14(12)9-3-2-7(10)6-8(9)13-5-4-11-14/h2-3,6H,1,4-5H2,(H,11,12). The molecule has 0 aliphatic carbocycles. The molecule has 1 unspecified atom stereocenters. The van der Waals surface area contributed by atoms with Gasteiger partial charge in [0.25, 0.3) is 0 Å². The number of benzene rings is 1. The Morgan fingerprint density at radius 1 is 1.57 bits per heavy atom. The molecule has 1 aliphatic rings. The minimum Gasteiger partial charge on any atom is -0.491 e. The second-order valence-corrected chi connectivity index (χ2v) is 5.09. The SMILES string of the molecule is C=S1(=O)NCCOc2cc(F)ccc21. The Balaban J connectivity index is 2.62. The van der Waals surface area contributed by atoms with Crippen LogP contribution < -0.4 is 9.46 Å². The predicted molar refractivity (Wildman–Crippen MR) is 53.4 cm³/mol. The van der Waals surface area contributed by atoms with E-state index in [1.165, 1.54) is 18.2 Å². The first-order chi connectivity index (χ1) is 6.59. The lowest BCUT2D eigenvalue weighted by atomic mass is 10.3. The van der Waals surface area contributed by atoms with Crippen molar-refractivity contribution < 1.29 is 13.3 Å². The molecule has 3 nitrogen and oxygen atoms in total. The van der Waals surface area contributed by atoms with Gasteiger partial charge in [-0.1, -0.05) is 0 Å². The summed E-state index contributed by atoms with van der Waals surface area (Å²) in [5.41, 5.74) is 0. The maximum Gasteiger partial charge on any atom is 0.139 e. The van der Waals surface area contributed by atoms with Gasteiger partial charge >= 0.3 is 0 Å². The third kappa shape index (κ3) is 1.60. The number of nitrogens with one attached hydrogen (secondary N) is 1. The van der Waals surface area contributed by atoms with Gasteiger partial charge < -0.3 is 4.74 Å². The Labute approximate surface area is 82.0 Å². The van der Waals surface area contributed by atoms with Gasteiger partial charge in [0.2, 0.25) is 0 Å². The van der Waals surface area contributed by atoms with Gasteiger partial charge in [0, 0.05) is 12.6 Å². The maximum absolute atomic E-state index is 12.9. The number of hydrogen-bond acceptors (Lipinski definition) is 2. The fourth-order valence-corrected chi connectivity index (χ4v) is 2.61. The molecule has 1 aromatic rings. The molecule has 0 saturated heterocycles. The average Bonchev–Trinajstić information content (AvgIpc) is 2.25. The molecule has 1 N–H and O–H groups in total. The van der Waals surface area contributed by atoms with E-state index in [1.54, 1.807) is 0 Å². The van der Waals surface area contributed by atoms with Crippen molar-refractivity contribution in [3.8, 4) is 5.75 Å². The van der Waals surface area contributed by atoms with Gasteiger partial charge in [0.1, 0.15) is 18.2 Å². The fraction of sp³-hybridized carbons (Fsp3) is 0.222. The van der Waals surface area contributed by atoms with E-state index >= 15 is 0 Å². The molecular weight excluding hydrogens is 205 g/mol. The van der Waals surface area contributed by atoms with Crippen LogP contribution in [0.5, 0.6) is 5.75 Å². The van der Waals surface area contributed by atoms with E-state index in [0.717, 1.165) is 0 Å². The first-order valence-corrected chi connectivity index (χ1v) is 5.86. The van der Waals surface area contributed by atoms with Crippen LogP contribution in [-0.4, -0.2) is 23.2 Å². The van der Waals surface area contributed by atoms with Crippen LogP contribution in [0.3, 0.4) is 0 Å². The molecule has 1 aromatic carbocycles. The van der Waals surface area contributed by atoms with E-state index in [0.29, 0.717) is 23.8 Å². The van der Waals surface area contributed by atoms with Crippen molar-refractivity contribution >= 4 is 15.6 Å². The monoisotopic (exact) mass is 215 g/mol. The van der Waals surface area contributed by atoms with E-state index in [4.69, 9.17) is 4.74 Å². The van der Waals surface area contributed by atoms with Crippen molar-refractivity contribution in [2.24, 2.45) is 0 Å². The predicted octanol–water partition coefficient (Wildman–Crippen LogP) is 0.798. The molecule has 0 spiro atoms. The highest BCUT2D eigenvalue weighted by molar-refractivity contribution is 7.98. The van der Waals surface area contributed by atoms with Crippen LogP contribution in [-0.2, 0) is 9.71 Å². The molecule has 0 bridgehead atoms. The normalized spacial score (nSPS) is 26.1. The lowest BCUT2D eigenvalue weighted by Gasteiger charge is -2.08. The summed E-state index contributed by atoms with van der Waals surface area (Å²) in [6.45, 7) is 0.807. The molecule has 76 valence electrons. The zero-order valence-electron chi connectivity index (χ0n) is 7.46. The Hall–Kier alpha value is -1.07. The largest absolute Gasteiger partial charge is 0.491 e. The van der Waals surface area contributed by atoms with E-state index in [-0.39, 0.29) is 0 Å². The molecule has 0 fully saturated rings. The minimum absolute atomic E-state index is 0.315. The molecule has 1 atom stereocenters. The Morgan fingerprint density at radius 3 is 3.14 bits per heavy atom. The highest BCUT2D eigenvalue weighted by Gasteiger charge is 2.17. The summed E-state index contributed by atoms with van der Waals surface area (Å²) in [5, 5.41) is 0. The van der Waals surface area contributed by atoms with Gasteiger partial charge in [0.15, 0.2) is 0 Å².